The zero-order chi connectivity index (χ0) is 20.9. The molecule has 2 aliphatic rings. The van der Waals surface area contributed by atoms with Gasteiger partial charge in [0.2, 0.25) is 5.91 Å². The lowest BCUT2D eigenvalue weighted by molar-refractivity contribution is -0.123. The number of carbonyl (C=O) groups excluding carboxylic acids is 2. The first kappa shape index (κ1) is 20.6. The Morgan fingerprint density at radius 3 is 2.73 bits per heavy atom. The molecule has 0 atom stereocenters. The molecule has 0 radical (unpaired) electrons. The maximum atomic E-state index is 13.1. The Balaban J connectivity index is 1.49. The number of anilines is 1. The minimum atomic E-state index is -0.330. The van der Waals surface area contributed by atoms with Gasteiger partial charge in [0.05, 0.1) is 5.69 Å². The van der Waals surface area contributed by atoms with E-state index in [1.54, 1.807) is 18.2 Å². The van der Waals surface area contributed by atoms with E-state index in [4.69, 9.17) is 4.74 Å². The summed E-state index contributed by atoms with van der Waals surface area (Å²) in [6.07, 6.45) is 4.14. The molecule has 7 heteroatoms. The summed E-state index contributed by atoms with van der Waals surface area (Å²) < 4.78 is 6.78. The van der Waals surface area contributed by atoms with Crippen molar-refractivity contribution < 1.29 is 14.3 Å². The van der Waals surface area contributed by atoms with Gasteiger partial charge in [-0.1, -0.05) is 40.2 Å². The number of nitrogens with zero attached hydrogens (tertiary/aromatic N) is 2. The average molecular weight is 470 g/mol. The monoisotopic (exact) mass is 469 g/mol. The Bertz CT molecular complexity index is 970. The molecule has 0 saturated carbocycles. The molecule has 2 heterocycles. The summed E-state index contributed by atoms with van der Waals surface area (Å²) >= 11 is 3.44. The van der Waals surface area contributed by atoms with E-state index in [1.807, 2.05) is 36.4 Å². The lowest BCUT2D eigenvalue weighted by Gasteiger charge is -2.30. The number of hydrogen-bond donors (Lipinski definition) is 1. The Morgan fingerprint density at radius 1 is 1.13 bits per heavy atom. The Morgan fingerprint density at radius 2 is 1.93 bits per heavy atom. The molecule has 2 aliphatic heterocycles. The van der Waals surface area contributed by atoms with Crippen molar-refractivity contribution in [3.8, 4) is 5.75 Å². The number of benzene rings is 2. The summed E-state index contributed by atoms with van der Waals surface area (Å²) in [6.45, 7) is 3.56. The Kier molecular flexibility index (Phi) is 6.50. The normalized spacial score (nSPS) is 17.7. The van der Waals surface area contributed by atoms with Crippen molar-refractivity contribution in [3.63, 3.8) is 0 Å². The highest BCUT2D eigenvalue weighted by molar-refractivity contribution is 9.10. The van der Waals surface area contributed by atoms with Crippen LogP contribution in [0.1, 0.15) is 18.4 Å². The molecule has 0 bridgehead atoms. The van der Waals surface area contributed by atoms with Crippen LogP contribution in [0.25, 0.3) is 6.08 Å². The molecule has 0 spiro atoms. The van der Waals surface area contributed by atoms with Crippen LogP contribution in [0.5, 0.6) is 5.75 Å². The number of rotatable bonds is 6. The molecule has 4 rings (SSSR count). The number of nitrogens with one attached hydrogen (secondary N) is 1. The van der Waals surface area contributed by atoms with Crippen LogP contribution in [0.4, 0.5) is 5.69 Å². The van der Waals surface area contributed by atoms with Crippen LogP contribution in [0, 0.1) is 0 Å². The lowest BCUT2D eigenvalue weighted by Crippen LogP contribution is -2.45. The van der Waals surface area contributed by atoms with Gasteiger partial charge < -0.3 is 15.0 Å². The molecular formula is C23H24BrN3O3. The van der Waals surface area contributed by atoms with Gasteiger partial charge in [-0.3, -0.25) is 14.5 Å². The number of halogens is 1. The van der Waals surface area contributed by atoms with E-state index in [2.05, 4.69) is 26.1 Å². The Labute approximate surface area is 184 Å². The van der Waals surface area contributed by atoms with E-state index in [0.29, 0.717) is 18.0 Å². The predicted octanol–water partition coefficient (Wildman–Crippen LogP) is 3.43. The van der Waals surface area contributed by atoms with Crippen LogP contribution in [0.2, 0.25) is 0 Å². The molecule has 156 valence electrons. The van der Waals surface area contributed by atoms with Crippen LogP contribution in [-0.2, 0) is 9.59 Å². The summed E-state index contributed by atoms with van der Waals surface area (Å²) in [6, 6.07) is 14.9. The van der Waals surface area contributed by atoms with Crippen molar-refractivity contribution in [1.82, 2.24) is 10.2 Å². The number of carbonyl (C=O) groups is 2. The van der Waals surface area contributed by atoms with Crippen molar-refractivity contribution in [1.29, 1.82) is 0 Å². The maximum Gasteiger partial charge on any atom is 0.294 e. The highest BCUT2D eigenvalue weighted by atomic mass is 79.9. The first-order valence-corrected chi connectivity index (χ1v) is 10.9. The molecule has 2 aromatic carbocycles. The fourth-order valence-corrected chi connectivity index (χ4v) is 4.14. The standard InChI is InChI=1S/C23H24BrN3O3/c24-18-7-5-6-17(14-18)15-21-23(29)27(19-8-1-2-9-20(19)30-21)16-22(28)25-10-13-26-11-3-4-12-26/h1-2,5-9,14-15H,3-4,10-13,16H2,(H,25,28)/b21-15+. The van der Waals surface area contributed by atoms with Crippen molar-refractivity contribution in [2.45, 2.75) is 12.8 Å². The van der Waals surface area contributed by atoms with E-state index in [9.17, 15) is 9.59 Å². The minimum Gasteiger partial charge on any atom is -0.449 e. The average Bonchev–Trinajstić information content (AvgIpc) is 3.25. The second-order valence-electron chi connectivity index (χ2n) is 7.42. The van der Waals surface area contributed by atoms with E-state index < -0.39 is 0 Å². The third-order valence-corrected chi connectivity index (χ3v) is 5.72. The van der Waals surface area contributed by atoms with Crippen LogP contribution in [0.15, 0.2) is 58.8 Å². The van der Waals surface area contributed by atoms with Gasteiger partial charge in [-0.15, -0.1) is 0 Å². The maximum absolute atomic E-state index is 13.1. The summed E-state index contributed by atoms with van der Waals surface area (Å²) in [5.41, 5.74) is 1.44. The molecule has 0 aliphatic carbocycles. The molecule has 6 nitrogen and oxygen atoms in total. The number of hydrogen-bond acceptors (Lipinski definition) is 4. The molecule has 2 amide bonds. The third-order valence-electron chi connectivity index (χ3n) is 5.23. The summed E-state index contributed by atoms with van der Waals surface area (Å²) in [4.78, 5) is 29.5. The topological polar surface area (TPSA) is 61.9 Å². The summed E-state index contributed by atoms with van der Waals surface area (Å²) in [7, 11) is 0. The molecule has 0 aromatic heterocycles. The van der Waals surface area contributed by atoms with Crippen LogP contribution in [-0.4, -0.2) is 49.4 Å². The van der Waals surface area contributed by atoms with Gasteiger partial charge in [-0.2, -0.15) is 0 Å². The zero-order valence-electron chi connectivity index (χ0n) is 16.6. The fourth-order valence-electron chi connectivity index (χ4n) is 3.73. The third kappa shape index (κ3) is 4.91. The van der Waals surface area contributed by atoms with Crippen LogP contribution in [0.3, 0.4) is 0 Å². The smallest absolute Gasteiger partial charge is 0.294 e. The number of para-hydroxylation sites is 2. The second kappa shape index (κ2) is 9.45. The van der Waals surface area contributed by atoms with Crippen molar-refractivity contribution in [3.05, 3.63) is 64.3 Å². The molecular weight excluding hydrogens is 446 g/mol. The van der Waals surface area contributed by atoms with Gasteiger partial charge >= 0.3 is 0 Å². The van der Waals surface area contributed by atoms with E-state index in [0.717, 1.165) is 29.7 Å². The SMILES string of the molecule is O=C(CN1C(=O)/C(=C\c2cccc(Br)c2)Oc2ccccc21)NCCN1CCCC1. The number of amides is 2. The number of fused-ring (bicyclic) bond motifs is 1. The summed E-state index contributed by atoms with van der Waals surface area (Å²) in [5, 5.41) is 2.94. The van der Waals surface area contributed by atoms with Crippen LogP contribution >= 0.6 is 15.9 Å². The van der Waals surface area contributed by atoms with Gasteiger partial charge in [-0.25, -0.2) is 0 Å². The predicted molar refractivity (Wildman–Crippen MR) is 120 cm³/mol. The van der Waals surface area contributed by atoms with Gasteiger partial charge in [0.25, 0.3) is 5.91 Å². The largest absolute Gasteiger partial charge is 0.449 e. The molecule has 0 unspecified atom stereocenters. The quantitative estimate of drug-likeness (QED) is 0.658. The van der Waals surface area contributed by atoms with Crippen LogP contribution < -0.4 is 15.0 Å². The molecule has 30 heavy (non-hydrogen) atoms. The minimum absolute atomic E-state index is 0.0466. The van der Waals surface area contributed by atoms with Gasteiger partial charge in [0, 0.05) is 17.6 Å². The highest BCUT2D eigenvalue weighted by Crippen LogP contribution is 2.35. The summed E-state index contributed by atoms with van der Waals surface area (Å²) in [5.74, 6) is 0.240. The van der Waals surface area contributed by atoms with Gasteiger partial charge in [0.1, 0.15) is 6.54 Å². The van der Waals surface area contributed by atoms with E-state index in [-0.39, 0.29) is 24.1 Å². The molecule has 2 aromatic rings. The van der Waals surface area contributed by atoms with Crippen molar-refractivity contribution in [2.24, 2.45) is 0 Å². The molecule has 1 fully saturated rings. The Hall–Kier alpha value is -2.64. The first-order chi connectivity index (χ1) is 14.6. The first-order valence-electron chi connectivity index (χ1n) is 10.2. The lowest BCUT2D eigenvalue weighted by atomic mass is 10.1. The fraction of sp³-hybridized carbons (Fsp3) is 0.304. The highest BCUT2D eigenvalue weighted by Gasteiger charge is 2.31. The molecule has 1 saturated heterocycles. The number of likely N-dealkylation sites (tertiary alicyclic amines) is 1. The second-order valence-corrected chi connectivity index (χ2v) is 8.34. The zero-order valence-corrected chi connectivity index (χ0v) is 18.2. The van der Waals surface area contributed by atoms with E-state index >= 15 is 0 Å². The van der Waals surface area contributed by atoms with Gasteiger partial charge in [-0.05, 0) is 61.8 Å². The molecule has 1 N–H and O–H groups in total. The van der Waals surface area contributed by atoms with Gasteiger partial charge in [0.15, 0.2) is 11.5 Å². The van der Waals surface area contributed by atoms with Crippen molar-refractivity contribution in [2.75, 3.05) is 37.6 Å². The van der Waals surface area contributed by atoms with E-state index in [1.165, 1.54) is 17.7 Å². The number of ether oxygens (including phenoxy) is 1. The van der Waals surface area contributed by atoms with Crippen molar-refractivity contribution >= 4 is 39.5 Å².